The average Bonchev–Trinajstić information content (AvgIpc) is 2.81. The van der Waals surface area contributed by atoms with E-state index in [4.69, 9.17) is 5.84 Å². The monoisotopic (exact) mass is 247 g/mol. The van der Waals surface area contributed by atoms with Crippen LogP contribution in [0.4, 0.5) is 11.6 Å². The van der Waals surface area contributed by atoms with E-state index in [0.717, 1.165) is 23.9 Å². The molecule has 18 heavy (non-hydrogen) atoms. The molecule has 0 atom stereocenters. The Labute approximate surface area is 105 Å². The molecule has 2 aromatic heterocycles. The molecule has 0 fully saturated rings. The molecule has 0 aliphatic carbocycles. The van der Waals surface area contributed by atoms with E-state index in [1.165, 1.54) is 0 Å². The standard InChI is InChI=1S/C11H17N7/c1-3-8-15-9(6-10(16-8)17-12)14-7-11-13-4-5-18(11)2/h4-6H,3,7,12H2,1-2H3,(H2,14,15,16,17). The highest BCUT2D eigenvalue weighted by Gasteiger charge is 2.04. The first-order valence-electron chi connectivity index (χ1n) is 5.77. The van der Waals surface area contributed by atoms with Gasteiger partial charge in [0, 0.05) is 31.9 Å². The second-order valence-corrected chi connectivity index (χ2v) is 3.86. The first-order valence-corrected chi connectivity index (χ1v) is 5.77. The van der Waals surface area contributed by atoms with Crippen LogP contribution in [0, 0.1) is 0 Å². The molecule has 0 amide bonds. The minimum absolute atomic E-state index is 0.601. The fourth-order valence-corrected chi connectivity index (χ4v) is 1.56. The Kier molecular flexibility index (Phi) is 3.73. The van der Waals surface area contributed by atoms with Crippen molar-refractivity contribution in [3.63, 3.8) is 0 Å². The third kappa shape index (κ3) is 2.75. The summed E-state index contributed by atoms with van der Waals surface area (Å²) < 4.78 is 1.96. The van der Waals surface area contributed by atoms with Gasteiger partial charge in [0.15, 0.2) is 0 Å². The molecule has 0 saturated carbocycles. The van der Waals surface area contributed by atoms with Gasteiger partial charge in [0.2, 0.25) is 0 Å². The Balaban J connectivity index is 2.11. The number of aromatic nitrogens is 4. The average molecular weight is 247 g/mol. The highest BCUT2D eigenvalue weighted by atomic mass is 15.3. The third-order valence-corrected chi connectivity index (χ3v) is 2.59. The molecule has 4 N–H and O–H groups in total. The Hall–Kier alpha value is -2.15. The van der Waals surface area contributed by atoms with Gasteiger partial charge in [-0.15, -0.1) is 0 Å². The van der Waals surface area contributed by atoms with Crippen molar-refractivity contribution in [1.29, 1.82) is 0 Å². The number of imidazole rings is 1. The van der Waals surface area contributed by atoms with Gasteiger partial charge in [0.05, 0.1) is 6.54 Å². The first-order chi connectivity index (χ1) is 8.72. The van der Waals surface area contributed by atoms with Crippen LogP contribution >= 0.6 is 0 Å². The quantitative estimate of drug-likeness (QED) is 0.531. The third-order valence-electron chi connectivity index (χ3n) is 2.59. The van der Waals surface area contributed by atoms with Gasteiger partial charge in [-0.05, 0) is 0 Å². The van der Waals surface area contributed by atoms with E-state index in [0.29, 0.717) is 12.4 Å². The summed E-state index contributed by atoms with van der Waals surface area (Å²) in [6.07, 6.45) is 4.43. The van der Waals surface area contributed by atoms with Gasteiger partial charge < -0.3 is 15.3 Å². The number of anilines is 2. The van der Waals surface area contributed by atoms with Crippen molar-refractivity contribution in [2.45, 2.75) is 19.9 Å². The van der Waals surface area contributed by atoms with E-state index in [1.807, 2.05) is 24.7 Å². The molecule has 0 spiro atoms. The van der Waals surface area contributed by atoms with Crippen molar-refractivity contribution in [2.75, 3.05) is 10.7 Å². The lowest BCUT2D eigenvalue weighted by Gasteiger charge is -2.09. The van der Waals surface area contributed by atoms with E-state index in [1.54, 1.807) is 12.3 Å². The van der Waals surface area contributed by atoms with E-state index >= 15 is 0 Å². The highest BCUT2D eigenvalue weighted by Crippen LogP contribution is 2.11. The Bertz CT molecular complexity index is 498. The largest absolute Gasteiger partial charge is 0.363 e. The minimum atomic E-state index is 0.601. The number of hydrogen-bond donors (Lipinski definition) is 3. The zero-order valence-electron chi connectivity index (χ0n) is 10.5. The molecule has 0 bridgehead atoms. The fraction of sp³-hybridized carbons (Fsp3) is 0.364. The molecule has 2 rings (SSSR count). The number of hydrogen-bond acceptors (Lipinski definition) is 6. The molecule has 0 aliphatic rings. The SMILES string of the molecule is CCc1nc(NN)cc(NCc2nccn2C)n1. The van der Waals surface area contributed by atoms with Crippen LogP contribution < -0.4 is 16.6 Å². The molecule has 96 valence electrons. The maximum atomic E-state index is 5.37. The Morgan fingerprint density at radius 3 is 2.72 bits per heavy atom. The van der Waals surface area contributed by atoms with Crippen molar-refractivity contribution in [2.24, 2.45) is 12.9 Å². The Morgan fingerprint density at radius 1 is 1.33 bits per heavy atom. The number of nitrogens with one attached hydrogen (secondary N) is 2. The second-order valence-electron chi connectivity index (χ2n) is 3.86. The minimum Gasteiger partial charge on any atom is -0.363 e. The van der Waals surface area contributed by atoms with Gasteiger partial charge >= 0.3 is 0 Å². The van der Waals surface area contributed by atoms with E-state index < -0.39 is 0 Å². The van der Waals surface area contributed by atoms with Crippen LogP contribution in [0.2, 0.25) is 0 Å². The summed E-state index contributed by atoms with van der Waals surface area (Å²) in [7, 11) is 1.95. The summed E-state index contributed by atoms with van der Waals surface area (Å²) in [4.78, 5) is 12.8. The van der Waals surface area contributed by atoms with Gasteiger partial charge in [-0.2, -0.15) is 0 Å². The molecule has 2 heterocycles. The van der Waals surface area contributed by atoms with Crippen molar-refractivity contribution in [3.05, 3.63) is 30.1 Å². The van der Waals surface area contributed by atoms with Crippen molar-refractivity contribution >= 4 is 11.6 Å². The van der Waals surface area contributed by atoms with Crippen molar-refractivity contribution in [3.8, 4) is 0 Å². The second kappa shape index (κ2) is 5.46. The van der Waals surface area contributed by atoms with Crippen LogP contribution in [-0.4, -0.2) is 19.5 Å². The van der Waals surface area contributed by atoms with Crippen LogP contribution in [0.5, 0.6) is 0 Å². The molecule has 0 aromatic carbocycles. The molecule has 2 aromatic rings. The normalized spacial score (nSPS) is 10.4. The lowest BCUT2D eigenvalue weighted by atomic mass is 10.4. The van der Waals surface area contributed by atoms with Crippen molar-refractivity contribution < 1.29 is 0 Å². The van der Waals surface area contributed by atoms with Crippen LogP contribution in [0.25, 0.3) is 0 Å². The maximum Gasteiger partial charge on any atom is 0.145 e. The zero-order chi connectivity index (χ0) is 13.0. The predicted octanol–water partition coefficient (Wildman–Crippen LogP) is 0.670. The number of rotatable bonds is 5. The predicted molar refractivity (Wildman–Crippen MR) is 69.8 cm³/mol. The number of aryl methyl sites for hydroxylation is 2. The number of nitrogens with two attached hydrogens (primary N) is 1. The maximum absolute atomic E-state index is 5.37. The van der Waals surface area contributed by atoms with Crippen LogP contribution in [0.3, 0.4) is 0 Å². The van der Waals surface area contributed by atoms with Gasteiger partial charge in [-0.25, -0.2) is 20.8 Å². The van der Waals surface area contributed by atoms with Gasteiger partial charge in [0.1, 0.15) is 23.3 Å². The van der Waals surface area contributed by atoms with Crippen LogP contribution in [-0.2, 0) is 20.0 Å². The van der Waals surface area contributed by atoms with Crippen LogP contribution in [0.15, 0.2) is 18.5 Å². The molecule has 7 heteroatoms. The number of nitrogen functional groups attached to an aromatic ring is 1. The molecule has 0 unspecified atom stereocenters. The van der Waals surface area contributed by atoms with Gasteiger partial charge in [-0.3, -0.25) is 0 Å². The van der Waals surface area contributed by atoms with E-state index in [-0.39, 0.29) is 0 Å². The van der Waals surface area contributed by atoms with Gasteiger partial charge in [-0.1, -0.05) is 6.92 Å². The van der Waals surface area contributed by atoms with Gasteiger partial charge in [0.25, 0.3) is 0 Å². The van der Waals surface area contributed by atoms with Crippen molar-refractivity contribution in [1.82, 2.24) is 19.5 Å². The summed E-state index contributed by atoms with van der Waals surface area (Å²) in [5.74, 6) is 8.39. The number of nitrogens with zero attached hydrogens (tertiary/aromatic N) is 4. The lowest BCUT2D eigenvalue weighted by Crippen LogP contribution is -2.13. The molecule has 0 saturated heterocycles. The summed E-state index contributed by atoms with van der Waals surface area (Å²) in [6.45, 7) is 2.60. The molecule has 0 aliphatic heterocycles. The number of hydrazine groups is 1. The molecule has 7 nitrogen and oxygen atoms in total. The summed E-state index contributed by atoms with van der Waals surface area (Å²) in [6, 6.07) is 1.77. The summed E-state index contributed by atoms with van der Waals surface area (Å²) >= 11 is 0. The van der Waals surface area contributed by atoms with E-state index in [9.17, 15) is 0 Å². The Morgan fingerprint density at radius 2 is 2.11 bits per heavy atom. The lowest BCUT2D eigenvalue weighted by molar-refractivity contribution is 0.808. The zero-order valence-corrected chi connectivity index (χ0v) is 10.5. The fourth-order valence-electron chi connectivity index (χ4n) is 1.56. The summed E-state index contributed by atoms with van der Waals surface area (Å²) in [5, 5.41) is 3.21. The smallest absolute Gasteiger partial charge is 0.145 e. The molecule has 0 radical (unpaired) electrons. The highest BCUT2D eigenvalue weighted by molar-refractivity contribution is 5.46. The van der Waals surface area contributed by atoms with Crippen LogP contribution in [0.1, 0.15) is 18.6 Å². The molecular weight excluding hydrogens is 230 g/mol. The summed E-state index contributed by atoms with van der Waals surface area (Å²) in [5.41, 5.74) is 2.53. The molecular formula is C11H17N7. The van der Waals surface area contributed by atoms with E-state index in [2.05, 4.69) is 25.7 Å². The topological polar surface area (TPSA) is 93.7 Å². The first kappa shape index (κ1) is 12.3.